The number of phenols is 1. The van der Waals surface area contributed by atoms with Crippen LogP contribution in [0.25, 0.3) is 16.9 Å². The zero-order chi connectivity index (χ0) is 32.2. The molecule has 0 heterocycles. The second-order valence-corrected chi connectivity index (χ2v) is 12.1. The Bertz CT molecular complexity index is 1660. The van der Waals surface area contributed by atoms with Gasteiger partial charge in [-0.15, -0.1) is 0 Å². The van der Waals surface area contributed by atoms with Gasteiger partial charge in [0.05, 0.1) is 11.6 Å². The van der Waals surface area contributed by atoms with Crippen molar-refractivity contribution in [3.05, 3.63) is 70.0 Å². The monoisotopic (exact) mass is 604 g/mol. The number of phenolic OH excluding ortho intramolecular Hbond substituents is 1. The lowest BCUT2D eigenvalue weighted by molar-refractivity contribution is -0.153. The smallest absolute Gasteiger partial charge is 0.255 e. The molecule has 2 aromatic carbocycles. The van der Waals surface area contributed by atoms with Crippen molar-refractivity contribution in [2.75, 3.05) is 41.3 Å². The molecule has 0 radical (unpaired) electrons. The number of aliphatic hydroxyl groups excluding tert-OH is 2. The lowest BCUT2D eigenvalue weighted by Gasteiger charge is -2.50. The lowest BCUT2D eigenvalue weighted by atomic mass is 9.57. The van der Waals surface area contributed by atoms with Crippen LogP contribution >= 0.6 is 0 Å². The van der Waals surface area contributed by atoms with E-state index in [-0.39, 0.29) is 35.6 Å². The summed E-state index contributed by atoms with van der Waals surface area (Å²) in [5, 5.41) is 48.0. The third kappa shape index (κ3) is 4.75. The number of hydrogen-bond donors (Lipinski definition) is 6. The predicted octanol–water partition coefficient (Wildman–Crippen LogP) is 0.922. The molecule has 12 heteroatoms. The quantitative estimate of drug-likeness (QED) is 0.248. The first-order chi connectivity index (χ1) is 20.7. The van der Waals surface area contributed by atoms with Gasteiger partial charge in [0, 0.05) is 30.1 Å². The number of likely N-dealkylation sites (N-methyl/N-ethyl adjacent to an activating group) is 2. The fraction of sp³-hybridized carbons (Fsp3) is 0.375. The number of aliphatic hydroxyl groups is 3. The molecule has 3 aliphatic rings. The summed E-state index contributed by atoms with van der Waals surface area (Å²) >= 11 is 0. The summed E-state index contributed by atoms with van der Waals surface area (Å²) in [7, 11) is 6.91. The van der Waals surface area contributed by atoms with Gasteiger partial charge >= 0.3 is 0 Å². The Morgan fingerprint density at radius 1 is 1.07 bits per heavy atom. The van der Waals surface area contributed by atoms with E-state index in [1.54, 1.807) is 44.4 Å². The molecule has 0 aromatic heterocycles. The first kappa shape index (κ1) is 30.9. The van der Waals surface area contributed by atoms with Crippen LogP contribution in [0.2, 0.25) is 0 Å². The van der Waals surface area contributed by atoms with Crippen molar-refractivity contribution >= 4 is 29.1 Å². The zero-order valence-corrected chi connectivity index (χ0v) is 24.9. The molecule has 232 valence electrons. The third-order valence-electron chi connectivity index (χ3n) is 8.88. The number of aromatic hydroxyl groups is 1. The molecule has 2 aromatic rings. The van der Waals surface area contributed by atoms with Crippen molar-refractivity contribution in [2.24, 2.45) is 17.6 Å². The van der Waals surface area contributed by atoms with Crippen molar-refractivity contribution < 1.29 is 39.6 Å². The molecular weight excluding hydrogens is 568 g/mol. The predicted molar refractivity (Wildman–Crippen MR) is 161 cm³/mol. The fourth-order valence-electron chi connectivity index (χ4n) is 6.84. The van der Waals surface area contributed by atoms with Crippen LogP contribution in [0.3, 0.4) is 0 Å². The summed E-state index contributed by atoms with van der Waals surface area (Å²) in [5.74, 6) is -7.33. The molecule has 4 atom stereocenters. The van der Waals surface area contributed by atoms with Crippen molar-refractivity contribution in [1.82, 2.24) is 15.1 Å². The standard InChI is InChI=1S/C32H36N4O8/c1-35(2)11-10-34-31(43)16-7-5-6-15(12-16)18-8-9-21(37)23-19(18)13-17-14-20-25(36(3)4)27(39)24(30(33)42)29(41)32(20,44)28(40)22(17)26(23)38/h5-9,12,17,20,25,37-38,41,44H,10-11,13-14H2,1-4H3,(H2,33,42)(H,34,43)/t17?,20?,25-,32+/m1/s1. The van der Waals surface area contributed by atoms with Crippen molar-refractivity contribution in [2.45, 2.75) is 24.5 Å². The summed E-state index contributed by atoms with van der Waals surface area (Å²) in [5.41, 5.74) is 3.76. The Hall–Kier alpha value is -4.52. The Morgan fingerprint density at radius 3 is 2.41 bits per heavy atom. The number of rotatable bonds is 7. The van der Waals surface area contributed by atoms with E-state index in [0.29, 0.717) is 35.3 Å². The van der Waals surface area contributed by atoms with E-state index >= 15 is 0 Å². The number of hydrogen-bond acceptors (Lipinski definition) is 10. The van der Waals surface area contributed by atoms with Gasteiger partial charge in [0.15, 0.2) is 11.4 Å². The maximum Gasteiger partial charge on any atom is 0.255 e. The summed E-state index contributed by atoms with van der Waals surface area (Å²) in [6, 6.07) is 8.76. The van der Waals surface area contributed by atoms with Gasteiger partial charge in [-0.05, 0) is 81.8 Å². The zero-order valence-electron chi connectivity index (χ0n) is 24.9. The van der Waals surface area contributed by atoms with E-state index in [1.807, 2.05) is 19.0 Å². The number of Topliss-reactive ketones (excluding diaryl/α,β-unsaturated/α-hetero) is 2. The number of carbonyl (C=O) groups excluding carboxylic acids is 4. The van der Waals surface area contributed by atoms with Gasteiger partial charge in [-0.2, -0.15) is 0 Å². The summed E-state index contributed by atoms with van der Waals surface area (Å²) in [6.07, 6.45) is 0.118. The van der Waals surface area contributed by atoms with Crippen LogP contribution in [0.5, 0.6) is 5.75 Å². The molecule has 7 N–H and O–H groups in total. The van der Waals surface area contributed by atoms with E-state index in [4.69, 9.17) is 5.73 Å². The molecule has 2 amide bonds. The Kier molecular flexibility index (Phi) is 7.87. The Balaban J connectivity index is 1.62. The largest absolute Gasteiger partial charge is 0.508 e. The molecule has 5 rings (SSSR count). The van der Waals surface area contributed by atoms with Crippen molar-refractivity contribution in [3.8, 4) is 16.9 Å². The van der Waals surface area contributed by atoms with Crippen LogP contribution in [0.1, 0.15) is 27.9 Å². The number of carbonyl (C=O) groups is 4. The molecule has 2 unspecified atom stereocenters. The highest BCUT2D eigenvalue weighted by molar-refractivity contribution is 6.24. The number of benzene rings is 2. The van der Waals surface area contributed by atoms with Crippen LogP contribution in [-0.2, 0) is 20.8 Å². The molecule has 1 fully saturated rings. The topological polar surface area (TPSA) is 194 Å². The molecule has 0 bridgehead atoms. The normalized spacial score (nSPS) is 24.8. The van der Waals surface area contributed by atoms with Gasteiger partial charge in [0.2, 0.25) is 5.78 Å². The lowest BCUT2D eigenvalue weighted by Crippen LogP contribution is -2.65. The van der Waals surface area contributed by atoms with Gasteiger partial charge in [0.1, 0.15) is 22.8 Å². The molecule has 12 nitrogen and oxygen atoms in total. The van der Waals surface area contributed by atoms with Crippen LogP contribution in [0, 0.1) is 11.8 Å². The molecule has 1 saturated carbocycles. The molecule has 0 aliphatic heterocycles. The van der Waals surface area contributed by atoms with E-state index in [9.17, 15) is 39.6 Å². The van der Waals surface area contributed by atoms with E-state index in [0.717, 1.165) is 0 Å². The highest BCUT2D eigenvalue weighted by Gasteiger charge is 2.64. The summed E-state index contributed by atoms with van der Waals surface area (Å²) in [4.78, 5) is 55.7. The number of primary amides is 1. The fourth-order valence-corrected chi connectivity index (χ4v) is 6.84. The maximum atomic E-state index is 14.0. The molecule has 3 aliphatic carbocycles. The van der Waals surface area contributed by atoms with Crippen LogP contribution in [-0.4, -0.2) is 107 Å². The first-order valence-corrected chi connectivity index (χ1v) is 14.2. The second kappa shape index (κ2) is 11.2. The molecule has 0 saturated heterocycles. The molecule has 44 heavy (non-hydrogen) atoms. The number of nitrogens with two attached hydrogens (primary N) is 1. The minimum Gasteiger partial charge on any atom is -0.508 e. The van der Waals surface area contributed by atoms with Crippen LogP contribution in [0.4, 0.5) is 0 Å². The SMILES string of the molecule is CN(C)CCNC(=O)c1cccc(-c2ccc(O)c3c2CC2CC4[C@@H](N(C)C)C(=O)C(C(N)=O)=C(O)[C@@]4(O)C(=O)C2=C3O)c1. The Morgan fingerprint density at radius 2 is 1.77 bits per heavy atom. The highest BCUT2D eigenvalue weighted by atomic mass is 16.3. The van der Waals surface area contributed by atoms with Crippen molar-refractivity contribution in [1.29, 1.82) is 0 Å². The number of amides is 2. The minimum absolute atomic E-state index is 0.0142. The van der Waals surface area contributed by atoms with Gasteiger partial charge in [-0.1, -0.05) is 18.2 Å². The highest BCUT2D eigenvalue weighted by Crippen LogP contribution is 2.53. The third-order valence-corrected chi connectivity index (χ3v) is 8.88. The van der Waals surface area contributed by atoms with Crippen LogP contribution < -0.4 is 11.1 Å². The average molecular weight is 605 g/mol. The minimum atomic E-state index is -2.70. The van der Waals surface area contributed by atoms with E-state index in [1.165, 1.54) is 11.0 Å². The van der Waals surface area contributed by atoms with Gasteiger partial charge in [0.25, 0.3) is 11.8 Å². The summed E-state index contributed by atoms with van der Waals surface area (Å²) in [6.45, 7) is 1.12. The van der Waals surface area contributed by atoms with Gasteiger partial charge in [-0.25, -0.2) is 0 Å². The average Bonchev–Trinajstić information content (AvgIpc) is 2.94. The second-order valence-electron chi connectivity index (χ2n) is 12.1. The van der Waals surface area contributed by atoms with Crippen LogP contribution in [0.15, 0.2) is 53.3 Å². The molecule has 0 spiro atoms. The summed E-state index contributed by atoms with van der Waals surface area (Å²) < 4.78 is 0. The number of ketones is 2. The number of fused-ring (bicyclic) bond motifs is 3. The maximum absolute atomic E-state index is 14.0. The Labute approximate surface area is 254 Å². The number of nitrogens with one attached hydrogen (secondary N) is 1. The first-order valence-electron chi connectivity index (χ1n) is 14.2. The van der Waals surface area contributed by atoms with Gasteiger partial charge in [-0.3, -0.25) is 24.1 Å². The number of nitrogens with zero attached hydrogens (tertiary/aromatic N) is 2. The molecular formula is C32H36N4O8. The van der Waals surface area contributed by atoms with E-state index < -0.39 is 58.0 Å². The van der Waals surface area contributed by atoms with E-state index in [2.05, 4.69) is 5.32 Å². The van der Waals surface area contributed by atoms with Gasteiger partial charge < -0.3 is 36.4 Å². The van der Waals surface area contributed by atoms with Crippen molar-refractivity contribution in [3.63, 3.8) is 0 Å².